The number of hydrogen-bond donors (Lipinski definition) is 1. The zero-order valence-corrected chi connectivity index (χ0v) is 12.8. The summed E-state index contributed by atoms with van der Waals surface area (Å²) < 4.78 is 1.04. The molecule has 0 atom stereocenters. The molecule has 2 heterocycles. The van der Waals surface area contributed by atoms with Gasteiger partial charge < -0.3 is 0 Å². The average Bonchev–Trinajstić information content (AvgIpc) is 2.99. The third-order valence-corrected chi connectivity index (χ3v) is 4.91. The fraction of sp³-hybridized carbons (Fsp3) is 0.176. The summed E-state index contributed by atoms with van der Waals surface area (Å²) in [5.74, 6) is -0.124. The Morgan fingerprint density at radius 2 is 1.86 bits per heavy atom. The van der Waals surface area contributed by atoms with Crippen molar-refractivity contribution in [2.24, 2.45) is 0 Å². The van der Waals surface area contributed by atoms with E-state index in [2.05, 4.69) is 28.6 Å². The van der Waals surface area contributed by atoms with Crippen LogP contribution in [0.5, 0.6) is 0 Å². The Kier molecular flexibility index (Phi) is 3.36. The molecule has 0 fully saturated rings. The van der Waals surface area contributed by atoms with Gasteiger partial charge in [-0.3, -0.25) is 10.2 Å². The van der Waals surface area contributed by atoms with Gasteiger partial charge in [-0.25, -0.2) is 9.99 Å². The third kappa shape index (κ3) is 2.49. The lowest BCUT2D eigenvalue weighted by molar-refractivity contribution is 0.0763. The highest BCUT2D eigenvalue weighted by Crippen LogP contribution is 2.22. The molecular formula is C17H15N3OS. The molecule has 5 heteroatoms. The number of aromatic nitrogens is 1. The molecule has 4 nitrogen and oxygen atoms in total. The Balaban J connectivity index is 1.50. The number of fused-ring (bicyclic) bond motifs is 2. The highest BCUT2D eigenvalue weighted by atomic mass is 32.1. The number of rotatable bonds is 2. The smallest absolute Gasteiger partial charge is 0.282 e. The number of hydrazine groups is 1. The van der Waals surface area contributed by atoms with Crippen LogP contribution in [0.3, 0.4) is 0 Å². The van der Waals surface area contributed by atoms with Gasteiger partial charge in [0, 0.05) is 13.1 Å². The van der Waals surface area contributed by atoms with Crippen LogP contribution in [0.1, 0.15) is 20.9 Å². The molecule has 0 aliphatic carbocycles. The lowest BCUT2D eigenvalue weighted by Gasteiger charge is -2.28. The molecular weight excluding hydrogens is 294 g/mol. The monoisotopic (exact) mass is 309 g/mol. The summed E-state index contributed by atoms with van der Waals surface area (Å²) in [5, 5.41) is 2.48. The van der Waals surface area contributed by atoms with E-state index in [4.69, 9.17) is 0 Å². The van der Waals surface area contributed by atoms with E-state index in [0.29, 0.717) is 5.01 Å². The van der Waals surface area contributed by atoms with Crippen molar-refractivity contribution >= 4 is 27.5 Å². The van der Waals surface area contributed by atoms with Crippen LogP contribution < -0.4 is 5.43 Å². The SMILES string of the molecule is O=C(NN1CCc2ccccc2C1)c1nc2ccccc2s1. The van der Waals surface area contributed by atoms with Crippen LogP contribution >= 0.6 is 11.3 Å². The largest absolute Gasteiger partial charge is 0.294 e. The van der Waals surface area contributed by atoms with Gasteiger partial charge in [-0.1, -0.05) is 36.4 Å². The highest BCUT2D eigenvalue weighted by molar-refractivity contribution is 7.20. The Labute approximate surface area is 132 Å². The van der Waals surface area contributed by atoms with Crippen LogP contribution in [0, 0.1) is 0 Å². The first-order valence-electron chi connectivity index (χ1n) is 7.28. The summed E-state index contributed by atoms with van der Waals surface area (Å²) in [6.45, 7) is 1.57. The average molecular weight is 309 g/mol. The molecule has 1 aromatic heterocycles. The minimum Gasteiger partial charge on any atom is -0.282 e. The topological polar surface area (TPSA) is 45.2 Å². The van der Waals surface area contributed by atoms with Crippen molar-refractivity contribution in [2.45, 2.75) is 13.0 Å². The predicted octanol–water partition coefficient (Wildman–Crippen LogP) is 3.00. The van der Waals surface area contributed by atoms with E-state index >= 15 is 0 Å². The number of hydrogen-bond acceptors (Lipinski definition) is 4. The van der Waals surface area contributed by atoms with Gasteiger partial charge in [0.05, 0.1) is 10.2 Å². The van der Waals surface area contributed by atoms with Crippen LogP contribution in [0.25, 0.3) is 10.2 Å². The number of carbonyl (C=O) groups excluding carboxylic acids is 1. The Morgan fingerprint density at radius 1 is 1.09 bits per heavy atom. The van der Waals surface area contributed by atoms with Gasteiger partial charge in [0.2, 0.25) is 0 Å². The summed E-state index contributed by atoms with van der Waals surface area (Å²) >= 11 is 1.43. The fourth-order valence-corrected chi connectivity index (χ4v) is 3.61. The molecule has 22 heavy (non-hydrogen) atoms. The summed E-state index contributed by atoms with van der Waals surface area (Å²) in [7, 11) is 0. The molecule has 1 amide bonds. The molecule has 1 N–H and O–H groups in total. The number of carbonyl (C=O) groups is 1. The van der Waals surface area contributed by atoms with Crippen LogP contribution in [-0.4, -0.2) is 22.4 Å². The van der Waals surface area contributed by atoms with E-state index in [9.17, 15) is 4.79 Å². The molecule has 110 valence electrons. The maximum Gasteiger partial charge on any atom is 0.294 e. The van der Waals surface area contributed by atoms with Gasteiger partial charge in [0.15, 0.2) is 5.01 Å². The second-order valence-corrected chi connectivity index (χ2v) is 6.40. The number of amides is 1. The Morgan fingerprint density at radius 3 is 2.73 bits per heavy atom. The van der Waals surface area contributed by atoms with E-state index in [1.807, 2.05) is 35.3 Å². The predicted molar refractivity (Wildman–Crippen MR) is 87.6 cm³/mol. The molecule has 0 bridgehead atoms. The van der Waals surface area contributed by atoms with Crippen molar-refractivity contribution in [1.82, 2.24) is 15.4 Å². The number of benzene rings is 2. The molecule has 0 spiro atoms. The maximum absolute atomic E-state index is 12.4. The lowest BCUT2D eigenvalue weighted by Crippen LogP contribution is -2.44. The van der Waals surface area contributed by atoms with E-state index in [0.717, 1.165) is 29.7 Å². The molecule has 0 radical (unpaired) electrons. The first-order chi connectivity index (χ1) is 10.8. The van der Waals surface area contributed by atoms with Gasteiger partial charge >= 0.3 is 0 Å². The molecule has 3 aromatic rings. The Hall–Kier alpha value is -2.24. The molecule has 0 saturated heterocycles. The molecule has 4 rings (SSSR count). The number of nitrogens with one attached hydrogen (secondary N) is 1. The van der Waals surface area contributed by atoms with Crippen molar-refractivity contribution in [3.8, 4) is 0 Å². The zero-order chi connectivity index (χ0) is 14.9. The minimum atomic E-state index is -0.124. The third-order valence-electron chi connectivity index (χ3n) is 3.88. The first-order valence-corrected chi connectivity index (χ1v) is 8.09. The Bertz CT molecular complexity index is 810. The normalized spacial score (nSPS) is 14.7. The zero-order valence-electron chi connectivity index (χ0n) is 12.0. The number of para-hydroxylation sites is 1. The summed E-state index contributed by atoms with van der Waals surface area (Å²) in [6, 6.07) is 16.2. The molecule has 2 aromatic carbocycles. The summed E-state index contributed by atoms with van der Waals surface area (Å²) in [6.07, 6.45) is 0.955. The molecule has 0 saturated carbocycles. The second kappa shape index (κ2) is 5.51. The van der Waals surface area contributed by atoms with Crippen LogP contribution in [0.4, 0.5) is 0 Å². The standard InChI is InChI=1S/C17H15N3OS/c21-16(17-18-14-7-3-4-8-15(14)22-17)19-20-10-9-12-5-1-2-6-13(12)11-20/h1-8H,9-11H2,(H,19,21). The van der Waals surface area contributed by atoms with Gasteiger partial charge in [-0.15, -0.1) is 11.3 Å². The van der Waals surface area contributed by atoms with Crippen LogP contribution in [0.2, 0.25) is 0 Å². The number of nitrogens with zero attached hydrogens (tertiary/aromatic N) is 2. The minimum absolute atomic E-state index is 0.124. The summed E-state index contributed by atoms with van der Waals surface area (Å²) in [4.78, 5) is 16.8. The van der Waals surface area contributed by atoms with Gasteiger partial charge in [-0.2, -0.15) is 0 Å². The van der Waals surface area contributed by atoms with E-state index in [1.54, 1.807) is 0 Å². The van der Waals surface area contributed by atoms with E-state index in [1.165, 1.54) is 22.5 Å². The van der Waals surface area contributed by atoms with Gasteiger partial charge in [0.1, 0.15) is 0 Å². The van der Waals surface area contributed by atoms with Crippen LogP contribution in [-0.2, 0) is 13.0 Å². The van der Waals surface area contributed by atoms with Crippen molar-refractivity contribution < 1.29 is 4.79 Å². The van der Waals surface area contributed by atoms with Crippen molar-refractivity contribution in [3.05, 3.63) is 64.7 Å². The van der Waals surface area contributed by atoms with Gasteiger partial charge in [0.25, 0.3) is 5.91 Å². The molecule has 1 aliphatic rings. The summed E-state index contributed by atoms with van der Waals surface area (Å²) in [5.41, 5.74) is 6.50. The van der Waals surface area contributed by atoms with E-state index < -0.39 is 0 Å². The fourth-order valence-electron chi connectivity index (χ4n) is 2.75. The van der Waals surface area contributed by atoms with Gasteiger partial charge in [-0.05, 0) is 29.7 Å². The lowest BCUT2D eigenvalue weighted by atomic mass is 10.0. The van der Waals surface area contributed by atoms with Crippen molar-refractivity contribution in [3.63, 3.8) is 0 Å². The van der Waals surface area contributed by atoms with Crippen molar-refractivity contribution in [2.75, 3.05) is 6.54 Å². The maximum atomic E-state index is 12.4. The first kappa shape index (κ1) is 13.4. The quantitative estimate of drug-likeness (QED) is 0.791. The number of thiazole rings is 1. The van der Waals surface area contributed by atoms with E-state index in [-0.39, 0.29) is 5.91 Å². The highest BCUT2D eigenvalue weighted by Gasteiger charge is 2.19. The molecule has 0 unspecified atom stereocenters. The molecule has 1 aliphatic heterocycles. The second-order valence-electron chi connectivity index (χ2n) is 5.37. The van der Waals surface area contributed by atoms with Crippen molar-refractivity contribution in [1.29, 1.82) is 0 Å². The van der Waals surface area contributed by atoms with Crippen LogP contribution in [0.15, 0.2) is 48.5 Å².